The molecule has 2 heterocycles. The zero-order valence-corrected chi connectivity index (χ0v) is 32.7. The molecule has 1 aromatic heterocycles. The SMILES string of the molecule is COCCCOc1cc(CC(CC2C(CC(C(=O)NCC(C)(C)C(N)=O)C(C)C)OCN2C(=O)OCOC(=O)c2nccn2C)C(C)C)ccc1OC. The number of carbonyl (C=O) groups is 4. The highest BCUT2D eigenvalue weighted by atomic mass is 16.7. The number of carbonyl (C=O) groups excluding carboxylic acids is 4. The van der Waals surface area contributed by atoms with E-state index >= 15 is 0 Å². The lowest BCUT2D eigenvalue weighted by Gasteiger charge is -2.33. The molecule has 1 saturated heterocycles. The third-order valence-electron chi connectivity index (χ3n) is 9.83. The number of aromatic nitrogens is 2. The number of aryl methyl sites for hydroxylation is 1. The summed E-state index contributed by atoms with van der Waals surface area (Å²) in [5.74, 6) is -0.434. The fraction of sp³-hybridized carbons (Fsp3) is 0.658. The first-order valence-electron chi connectivity index (χ1n) is 18.1. The molecule has 1 fully saturated rings. The zero-order valence-electron chi connectivity index (χ0n) is 32.7. The van der Waals surface area contributed by atoms with Crippen LogP contribution in [0.5, 0.6) is 11.5 Å². The first-order valence-corrected chi connectivity index (χ1v) is 18.1. The van der Waals surface area contributed by atoms with Gasteiger partial charge in [-0.05, 0) is 68.6 Å². The van der Waals surface area contributed by atoms with Crippen molar-refractivity contribution in [2.45, 2.75) is 79.4 Å². The molecule has 0 aliphatic carbocycles. The molecule has 0 bridgehead atoms. The van der Waals surface area contributed by atoms with E-state index in [-0.39, 0.29) is 42.8 Å². The van der Waals surface area contributed by atoms with Crippen LogP contribution in [-0.4, -0.2) is 98.0 Å². The number of nitrogens with one attached hydrogen (secondary N) is 1. The van der Waals surface area contributed by atoms with Gasteiger partial charge in [-0.25, -0.2) is 14.6 Å². The normalized spacial score (nSPS) is 17.1. The van der Waals surface area contributed by atoms with Crippen molar-refractivity contribution in [2.24, 2.45) is 41.9 Å². The molecular weight excluding hydrogens is 686 g/mol. The van der Waals surface area contributed by atoms with Crippen LogP contribution in [0, 0.1) is 29.1 Å². The van der Waals surface area contributed by atoms with Gasteiger partial charge in [0, 0.05) is 52.0 Å². The minimum atomic E-state index is -0.926. The molecule has 3 rings (SSSR count). The predicted octanol–water partition coefficient (Wildman–Crippen LogP) is 4.32. The van der Waals surface area contributed by atoms with Crippen molar-refractivity contribution in [1.82, 2.24) is 19.8 Å². The maximum Gasteiger partial charge on any atom is 0.414 e. The number of nitrogens with two attached hydrogens (primary N) is 1. The monoisotopic (exact) mass is 745 g/mol. The highest BCUT2D eigenvalue weighted by molar-refractivity contribution is 5.85. The van der Waals surface area contributed by atoms with Gasteiger partial charge in [0.1, 0.15) is 6.73 Å². The lowest BCUT2D eigenvalue weighted by atomic mass is 9.80. The number of hydrogen-bond donors (Lipinski definition) is 2. The summed E-state index contributed by atoms with van der Waals surface area (Å²) in [6, 6.07) is 5.41. The van der Waals surface area contributed by atoms with Crippen molar-refractivity contribution in [1.29, 1.82) is 0 Å². The molecule has 1 aliphatic rings. The molecule has 4 unspecified atom stereocenters. The predicted molar refractivity (Wildman–Crippen MR) is 196 cm³/mol. The van der Waals surface area contributed by atoms with Gasteiger partial charge in [-0.3, -0.25) is 14.5 Å². The summed E-state index contributed by atoms with van der Waals surface area (Å²) in [6.07, 6.45) is 4.08. The molecule has 296 valence electrons. The molecule has 0 saturated carbocycles. The smallest absolute Gasteiger partial charge is 0.414 e. The van der Waals surface area contributed by atoms with Crippen LogP contribution in [0.1, 0.15) is 77.0 Å². The van der Waals surface area contributed by atoms with Crippen molar-refractivity contribution in [3.8, 4) is 11.5 Å². The number of amides is 3. The summed E-state index contributed by atoms with van der Waals surface area (Å²) in [5.41, 5.74) is 5.65. The fourth-order valence-corrected chi connectivity index (χ4v) is 6.13. The van der Waals surface area contributed by atoms with E-state index in [0.717, 1.165) is 12.0 Å². The molecule has 15 nitrogen and oxygen atoms in total. The summed E-state index contributed by atoms with van der Waals surface area (Å²) < 4.78 is 35.1. The highest BCUT2D eigenvalue weighted by Crippen LogP contribution is 2.36. The van der Waals surface area contributed by atoms with Gasteiger partial charge < -0.3 is 44.0 Å². The number of hydrogen-bond acceptors (Lipinski definition) is 11. The van der Waals surface area contributed by atoms with Crippen LogP contribution in [0.4, 0.5) is 4.79 Å². The second kappa shape index (κ2) is 20.2. The van der Waals surface area contributed by atoms with Crippen LogP contribution in [0.25, 0.3) is 0 Å². The van der Waals surface area contributed by atoms with Gasteiger partial charge in [-0.15, -0.1) is 0 Å². The van der Waals surface area contributed by atoms with Crippen molar-refractivity contribution in [3.05, 3.63) is 42.0 Å². The van der Waals surface area contributed by atoms with Crippen molar-refractivity contribution >= 4 is 23.9 Å². The van der Waals surface area contributed by atoms with Crippen molar-refractivity contribution in [2.75, 3.05) is 47.5 Å². The van der Waals surface area contributed by atoms with E-state index in [9.17, 15) is 19.2 Å². The lowest BCUT2D eigenvalue weighted by Crippen LogP contribution is -2.47. The van der Waals surface area contributed by atoms with E-state index in [1.165, 1.54) is 15.7 Å². The fourth-order valence-electron chi connectivity index (χ4n) is 6.13. The molecule has 1 aromatic carbocycles. The van der Waals surface area contributed by atoms with Gasteiger partial charge in [0.25, 0.3) is 0 Å². The molecule has 0 spiro atoms. The van der Waals surface area contributed by atoms with Gasteiger partial charge in [-0.1, -0.05) is 33.8 Å². The van der Waals surface area contributed by atoms with E-state index in [4.69, 9.17) is 34.2 Å². The van der Waals surface area contributed by atoms with Gasteiger partial charge in [0.2, 0.25) is 24.4 Å². The Morgan fingerprint density at radius 1 is 1.04 bits per heavy atom. The minimum Gasteiger partial charge on any atom is -0.493 e. The standard InChI is InChI=1S/C38H59N5O10/c1-24(2)27(17-26-11-12-30(49-9)32(18-26)50-16-10-15-48-8)19-29-31(20-28(25(3)4)34(44)41-21-38(5,6)36(39)46)51-22-43(29)37(47)53-23-52-35(45)33-40-13-14-42(33)7/h11-14,18,24-25,27-29,31H,10,15-17,19-23H2,1-9H3,(H2,39,46)(H,41,44). The number of benzene rings is 1. The molecule has 3 amide bonds. The molecule has 0 radical (unpaired) electrons. The largest absolute Gasteiger partial charge is 0.493 e. The third kappa shape index (κ3) is 12.3. The Morgan fingerprint density at radius 3 is 2.38 bits per heavy atom. The average Bonchev–Trinajstić information content (AvgIpc) is 3.72. The summed E-state index contributed by atoms with van der Waals surface area (Å²) in [7, 11) is 4.90. The average molecular weight is 746 g/mol. The summed E-state index contributed by atoms with van der Waals surface area (Å²) >= 11 is 0. The Hall–Kier alpha value is -4.37. The van der Waals surface area contributed by atoms with E-state index in [1.807, 2.05) is 32.0 Å². The maximum atomic E-state index is 13.6. The zero-order chi connectivity index (χ0) is 39.3. The molecular formula is C38H59N5O10. The number of primary amides is 1. The molecule has 53 heavy (non-hydrogen) atoms. The highest BCUT2D eigenvalue weighted by Gasteiger charge is 2.43. The Morgan fingerprint density at radius 2 is 1.77 bits per heavy atom. The second-order valence-electron chi connectivity index (χ2n) is 14.9. The molecule has 15 heteroatoms. The Labute approximate surface area is 313 Å². The number of rotatable bonds is 21. The Kier molecular flexibility index (Phi) is 16.4. The minimum absolute atomic E-state index is 0.0678. The summed E-state index contributed by atoms with van der Waals surface area (Å²) in [5, 5.41) is 2.91. The molecule has 1 aliphatic heterocycles. The molecule has 4 atom stereocenters. The van der Waals surface area contributed by atoms with Crippen LogP contribution >= 0.6 is 0 Å². The lowest BCUT2D eigenvalue weighted by molar-refractivity contribution is -0.130. The Bertz CT molecular complexity index is 1510. The summed E-state index contributed by atoms with van der Waals surface area (Å²) in [6.45, 7) is 12.0. The second-order valence-corrected chi connectivity index (χ2v) is 14.9. The van der Waals surface area contributed by atoms with E-state index < -0.39 is 48.2 Å². The molecule has 2 aromatic rings. The third-order valence-corrected chi connectivity index (χ3v) is 9.83. The van der Waals surface area contributed by atoms with Gasteiger partial charge in [0.05, 0.1) is 31.3 Å². The quantitative estimate of drug-likeness (QED) is 0.106. The topological polar surface area (TPSA) is 183 Å². The Balaban J connectivity index is 1.84. The van der Waals surface area contributed by atoms with E-state index in [1.54, 1.807) is 41.3 Å². The number of esters is 1. The summed E-state index contributed by atoms with van der Waals surface area (Å²) in [4.78, 5) is 57.0. The van der Waals surface area contributed by atoms with E-state index in [2.05, 4.69) is 24.1 Å². The van der Waals surface area contributed by atoms with Crippen LogP contribution in [-0.2, 0) is 42.0 Å². The van der Waals surface area contributed by atoms with Crippen molar-refractivity contribution in [3.63, 3.8) is 0 Å². The van der Waals surface area contributed by atoms with Crippen molar-refractivity contribution < 1.29 is 47.6 Å². The van der Waals surface area contributed by atoms with Gasteiger partial charge in [-0.2, -0.15) is 0 Å². The van der Waals surface area contributed by atoms with Crippen LogP contribution < -0.4 is 20.5 Å². The van der Waals surface area contributed by atoms with Crippen LogP contribution in [0.2, 0.25) is 0 Å². The van der Waals surface area contributed by atoms with Crippen LogP contribution in [0.15, 0.2) is 30.6 Å². The first-order chi connectivity index (χ1) is 25.1. The number of methoxy groups -OCH3 is 2. The number of imidazole rings is 1. The molecule has 3 N–H and O–H groups in total. The number of ether oxygens (including phenoxy) is 6. The van der Waals surface area contributed by atoms with Gasteiger partial charge >= 0.3 is 12.1 Å². The maximum absolute atomic E-state index is 13.6. The van der Waals surface area contributed by atoms with E-state index in [0.29, 0.717) is 44.0 Å². The van der Waals surface area contributed by atoms with Gasteiger partial charge in [0.15, 0.2) is 11.5 Å². The number of nitrogens with zero attached hydrogens (tertiary/aromatic N) is 3. The van der Waals surface area contributed by atoms with Crippen LogP contribution in [0.3, 0.4) is 0 Å². The first kappa shape index (κ1) is 43.0.